The average molecular weight is 359 g/mol. The molecule has 0 N–H and O–H groups in total. The van der Waals surface area contributed by atoms with E-state index < -0.39 is 0 Å². The van der Waals surface area contributed by atoms with Crippen LogP contribution in [0.4, 0.5) is 0 Å². The zero-order valence-electron chi connectivity index (χ0n) is 14.7. The summed E-state index contributed by atoms with van der Waals surface area (Å²) in [6.07, 6.45) is 4.03. The standard InChI is InChI=1S/C19H25N3O2S/c1-15-18(25-14-21-15)10-22-12-19(13-22)16(6-9-24-19)5-8-23-11-17-4-2-3-7-20-17/h2-4,7,14,16H,5-6,8-13H2,1H3/t16-/m1/s1. The number of nitrogens with zero attached hydrogens (tertiary/aromatic N) is 3. The van der Waals surface area contributed by atoms with Gasteiger partial charge in [0.1, 0.15) is 0 Å². The first-order valence-electron chi connectivity index (χ1n) is 8.98. The van der Waals surface area contributed by atoms with Crippen molar-refractivity contribution < 1.29 is 9.47 Å². The van der Waals surface area contributed by atoms with Gasteiger partial charge in [0.25, 0.3) is 0 Å². The van der Waals surface area contributed by atoms with Crippen LogP contribution in [0.5, 0.6) is 0 Å². The minimum absolute atomic E-state index is 0.0625. The molecule has 2 aromatic rings. The molecular weight excluding hydrogens is 334 g/mol. The van der Waals surface area contributed by atoms with Crippen LogP contribution in [0, 0.1) is 12.8 Å². The summed E-state index contributed by atoms with van der Waals surface area (Å²) in [7, 11) is 0. The third-order valence-electron chi connectivity index (χ3n) is 5.38. The molecule has 4 rings (SSSR count). The first kappa shape index (κ1) is 17.1. The van der Waals surface area contributed by atoms with Gasteiger partial charge in [0.05, 0.1) is 29.1 Å². The smallest absolute Gasteiger partial charge is 0.0964 e. The Bertz CT molecular complexity index is 685. The number of hydrogen-bond acceptors (Lipinski definition) is 6. The molecule has 1 spiro atoms. The van der Waals surface area contributed by atoms with Gasteiger partial charge in [-0.15, -0.1) is 11.3 Å². The van der Waals surface area contributed by atoms with Crippen molar-refractivity contribution in [3.63, 3.8) is 0 Å². The van der Waals surface area contributed by atoms with Crippen molar-refractivity contribution in [3.05, 3.63) is 46.2 Å². The number of likely N-dealkylation sites (tertiary alicyclic amines) is 1. The fraction of sp³-hybridized carbons (Fsp3) is 0.579. The molecule has 2 saturated heterocycles. The second-order valence-electron chi connectivity index (χ2n) is 7.07. The largest absolute Gasteiger partial charge is 0.375 e. The Kier molecular flexibility index (Phi) is 5.12. The molecule has 2 aromatic heterocycles. The fourth-order valence-electron chi connectivity index (χ4n) is 3.93. The Morgan fingerprint density at radius 3 is 3.04 bits per heavy atom. The first-order chi connectivity index (χ1) is 12.3. The third-order valence-corrected chi connectivity index (χ3v) is 6.30. The number of aryl methyl sites for hydroxylation is 1. The van der Waals surface area contributed by atoms with E-state index >= 15 is 0 Å². The number of pyridine rings is 1. The SMILES string of the molecule is Cc1ncsc1CN1CC2(C1)OCC[C@H]2CCOCc1ccccn1. The maximum atomic E-state index is 6.16. The van der Waals surface area contributed by atoms with Gasteiger partial charge in [0.2, 0.25) is 0 Å². The van der Waals surface area contributed by atoms with Crippen LogP contribution < -0.4 is 0 Å². The van der Waals surface area contributed by atoms with Crippen molar-refractivity contribution in [2.24, 2.45) is 5.92 Å². The zero-order chi connectivity index (χ0) is 17.1. The third kappa shape index (κ3) is 3.77. The molecule has 0 aromatic carbocycles. The topological polar surface area (TPSA) is 47.5 Å². The summed E-state index contributed by atoms with van der Waals surface area (Å²) in [6.45, 7) is 7.43. The molecule has 134 valence electrons. The molecule has 0 aliphatic carbocycles. The summed E-state index contributed by atoms with van der Waals surface area (Å²) in [4.78, 5) is 12.5. The fourth-order valence-corrected chi connectivity index (χ4v) is 4.75. The number of ether oxygens (including phenoxy) is 2. The molecule has 0 amide bonds. The van der Waals surface area contributed by atoms with Gasteiger partial charge >= 0.3 is 0 Å². The van der Waals surface area contributed by atoms with Crippen molar-refractivity contribution in [2.45, 2.75) is 38.5 Å². The van der Waals surface area contributed by atoms with Crippen LogP contribution in [0.1, 0.15) is 29.1 Å². The quantitative estimate of drug-likeness (QED) is 0.711. The van der Waals surface area contributed by atoms with E-state index in [2.05, 4.69) is 21.8 Å². The molecule has 1 atom stereocenters. The zero-order valence-corrected chi connectivity index (χ0v) is 15.5. The number of rotatable bonds is 7. The van der Waals surface area contributed by atoms with Crippen LogP contribution >= 0.6 is 11.3 Å². The highest BCUT2D eigenvalue weighted by atomic mass is 32.1. The molecule has 0 unspecified atom stereocenters. The van der Waals surface area contributed by atoms with E-state index in [1.807, 2.05) is 29.9 Å². The molecule has 2 fully saturated rings. The maximum absolute atomic E-state index is 6.16. The van der Waals surface area contributed by atoms with E-state index in [0.717, 1.165) is 57.1 Å². The summed E-state index contributed by atoms with van der Waals surface area (Å²) in [5, 5.41) is 0. The van der Waals surface area contributed by atoms with Crippen LogP contribution in [0.15, 0.2) is 29.9 Å². The summed E-state index contributed by atoms with van der Waals surface area (Å²) >= 11 is 1.75. The van der Waals surface area contributed by atoms with E-state index in [0.29, 0.717) is 12.5 Å². The van der Waals surface area contributed by atoms with Crippen LogP contribution in [0.2, 0.25) is 0 Å². The normalized spacial score (nSPS) is 22.4. The second-order valence-corrected chi connectivity index (χ2v) is 8.01. The van der Waals surface area contributed by atoms with Gasteiger partial charge in [-0.25, -0.2) is 4.98 Å². The highest BCUT2D eigenvalue weighted by Gasteiger charge is 2.52. The predicted molar refractivity (Wildman–Crippen MR) is 97.4 cm³/mol. The van der Waals surface area contributed by atoms with Crippen molar-refractivity contribution in [1.29, 1.82) is 0 Å². The van der Waals surface area contributed by atoms with Gasteiger partial charge in [-0.05, 0) is 37.8 Å². The van der Waals surface area contributed by atoms with Crippen molar-refractivity contribution >= 4 is 11.3 Å². The Morgan fingerprint density at radius 1 is 1.36 bits per heavy atom. The monoisotopic (exact) mass is 359 g/mol. The predicted octanol–water partition coefficient (Wildman–Crippen LogP) is 3.04. The summed E-state index contributed by atoms with van der Waals surface area (Å²) in [5.74, 6) is 0.607. The van der Waals surface area contributed by atoms with Gasteiger partial charge in [-0.2, -0.15) is 0 Å². The lowest BCUT2D eigenvalue weighted by Crippen LogP contribution is -2.64. The van der Waals surface area contributed by atoms with Gasteiger partial charge < -0.3 is 9.47 Å². The molecular formula is C19H25N3O2S. The van der Waals surface area contributed by atoms with Crippen molar-refractivity contribution in [2.75, 3.05) is 26.3 Å². The van der Waals surface area contributed by atoms with E-state index in [9.17, 15) is 0 Å². The molecule has 2 aliphatic rings. The van der Waals surface area contributed by atoms with Crippen molar-refractivity contribution in [1.82, 2.24) is 14.9 Å². The molecule has 2 aliphatic heterocycles. The molecule has 5 nitrogen and oxygen atoms in total. The molecule has 0 bridgehead atoms. The van der Waals surface area contributed by atoms with E-state index in [-0.39, 0.29) is 5.60 Å². The molecule has 4 heterocycles. The first-order valence-corrected chi connectivity index (χ1v) is 9.86. The molecule has 0 radical (unpaired) electrons. The maximum Gasteiger partial charge on any atom is 0.0964 e. The van der Waals surface area contributed by atoms with Crippen molar-refractivity contribution in [3.8, 4) is 0 Å². The Hall–Kier alpha value is -1.34. The second kappa shape index (κ2) is 7.50. The average Bonchev–Trinajstić information content (AvgIpc) is 3.19. The highest BCUT2D eigenvalue weighted by Crippen LogP contribution is 2.42. The highest BCUT2D eigenvalue weighted by molar-refractivity contribution is 7.09. The Balaban J connectivity index is 1.22. The number of aromatic nitrogens is 2. The van der Waals surface area contributed by atoms with Gasteiger partial charge in [0, 0.05) is 43.9 Å². The van der Waals surface area contributed by atoms with E-state index in [1.165, 1.54) is 4.88 Å². The van der Waals surface area contributed by atoms with E-state index in [1.54, 1.807) is 11.3 Å². The lowest BCUT2D eigenvalue weighted by molar-refractivity contribution is -0.139. The summed E-state index contributed by atoms with van der Waals surface area (Å²) in [5.41, 5.74) is 4.16. The summed E-state index contributed by atoms with van der Waals surface area (Å²) in [6, 6.07) is 5.93. The van der Waals surface area contributed by atoms with Crippen LogP contribution in [-0.2, 0) is 22.6 Å². The lowest BCUT2D eigenvalue weighted by atomic mass is 9.79. The lowest BCUT2D eigenvalue weighted by Gasteiger charge is -2.50. The number of thiazole rings is 1. The molecule has 6 heteroatoms. The van der Waals surface area contributed by atoms with Gasteiger partial charge in [0.15, 0.2) is 0 Å². The van der Waals surface area contributed by atoms with Crippen LogP contribution in [0.25, 0.3) is 0 Å². The van der Waals surface area contributed by atoms with Gasteiger partial charge in [-0.3, -0.25) is 9.88 Å². The van der Waals surface area contributed by atoms with Crippen LogP contribution in [-0.4, -0.2) is 46.8 Å². The van der Waals surface area contributed by atoms with Gasteiger partial charge in [-0.1, -0.05) is 6.07 Å². The van der Waals surface area contributed by atoms with Crippen LogP contribution in [0.3, 0.4) is 0 Å². The summed E-state index contributed by atoms with van der Waals surface area (Å²) < 4.78 is 12.0. The van der Waals surface area contributed by atoms with E-state index in [4.69, 9.17) is 9.47 Å². The minimum Gasteiger partial charge on any atom is -0.375 e. The number of hydrogen-bond donors (Lipinski definition) is 0. The Labute approximate surface area is 153 Å². The Morgan fingerprint density at radius 2 is 2.28 bits per heavy atom. The molecule has 25 heavy (non-hydrogen) atoms. The molecule has 0 saturated carbocycles. The minimum atomic E-state index is 0.0625.